The van der Waals surface area contributed by atoms with E-state index >= 15 is 0 Å². The first-order valence-electron chi connectivity index (χ1n) is 36.2. The fourth-order valence-corrected chi connectivity index (χ4v) is 12.4. The first-order valence-corrected chi connectivity index (χ1v) is 36.2. The van der Waals surface area contributed by atoms with Crippen LogP contribution in [0, 0.1) is 0 Å². The maximum absolute atomic E-state index is 13.4. The van der Waals surface area contributed by atoms with E-state index < -0.39 is 124 Å². The van der Waals surface area contributed by atoms with Crippen LogP contribution in [0.4, 0.5) is 0 Å². The van der Waals surface area contributed by atoms with Crippen molar-refractivity contribution in [3.63, 3.8) is 0 Å². The first-order chi connectivity index (χ1) is 43.8. The lowest BCUT2D eigenvalue weighted by Crippen LogP contribution is -2.66. The van der Waals surface area contributed by atoms with Crippen LogP contribution >= 0.6 is 0 Å². The van der Waals surface area contributed by atoms with Gasteiger partial charge in [-0.3, -0.25) is 4.79 Å². The minimum atomic E-state index is -1.98. The molecule has 1 amide bonds. The van der Waals surface area contributed by atoms with Crippen LogP contribution in [0.15, 0.2) is 36.5 Å². The van der Waals surface area contributed by atoms with E-state index in [1.54, 1.807) is 0 Å². The zero-order chi connectivity index (χ0) is 65.4. The van der Waals surface area contributed by atoms with Crippen LogP contribution in [-0.4, -0.2) is 193 Å². The second-order valence-electron chi connectivity index (χ2n) is 26.0. The minimum Gasteiger partial charge on any atom is -0.394 e. The van der Waals surface area contributed by atoms with Crippen LogP contribution in [0.2, 0.25) is 0 Å². The lowest BCUT2D eigenvalue weighted by Gasteiger charge is -2.48. The Kier molecular flexibility index (Phi) is 48.6. The van der Waals surface area contributed by atoms with Crippen molar-refractivity contribution in [2.75, 3.05) is 26.4 Å². The molecule has 3 heterocycles. The highest BCUT2D eigenvalue weighted by Gasteiger charge is 2.53. The van der Waals surface area contributed by atoms with Gasteiger partial charge in [-0.2, -0.15) is 0 Å². The number of aliphatic hydroxyl groups is 11. The van der Waals surface area contributed by atoms with Gasteiger partial charge < -0.3 is 89.9 Å². The summed E-state index contributed by atoms with van der Waals surface area (Å²) in [7, 11) is 0. The van der Waals surface area contributed by atoms with E-state index in [0.717, 1.165) is 64.2 Å². The van der Waals surface area contributed by atoms with Crippen LogP contribution in [0.1, 0.15) is 277 Å². The normalized spacial score (nSPS) is 28.2. The van der Waals surface area contributed by atoms with Crippen molar-refractivity contribution in [1.82, 2.24) is 5.32 Å². The minimum absolute atomic E-state index is 0.231. The van der Waals surface area contributed by atoms with Gasteiger partial charge in [-0.25, -0.2) is 0 Å². The van der Waals surface area contributed by atoms with Crippen molar-refractivity contribution < 1.29 is 89.4 Å². The number of carbonyl (C=O) groups excluding carboxylic acids is 1. The number of ether oxygens (including phenoxy) is 6. The van der Waals surface area contributed by atoms with E-state index in [1.807, 2.05) is 0 Å². The summed E-state index contributed by atoms with van der Waals surface area (Å²) in [6, 6.07) is -0.903. The Labute approximate surface area is 542 Å². The van der Waals surface area contributed by atoms with Gasteiger partial charge in [-0.1, -0.05) is 262 Å². The topological polar surface area (TPSA) is 307 Å². The SMILES string of the molecule is CC/C=C\C/C=C\C/C=C\CCCCCC(=O)NC(COC1OC(CO)C(OC2OC(CO)C(OC3OC(CO)C(O)C(O)C3O)C(O)C2O)C(O)C1O)C(O)CCCCCCCCCCCCCCCCCCCCCCCCCCCCCCCCCC. The van der Waals surface area contributed by atoms with Crippen LogP contribution in [0.5, 0.6) is 0 Å². The summed E-state index contributed by atoms with van der Waals surface area (Å²) in [6.07, 6.45) is 35.5. The van der Waals surface area contributed by atoms with Gasteiger partial charge in [-0.15, -0.1) is 0 Å². The smallest absolute Gasteiger partial charge is 0.220 e. The van der Waals surface area contributed by atoms with E-state index in [4.69, 9.17) is 28.4 Å². The molecule has 12 N–H and O–H groups in total. The summed E-state index contributed by atoms with van der Waals surface area (Å²) in [5.74, 6) is -0.270. The number of nitrogens with one attached hydrogen (secondary N) is 1. The predicted octanol–water partition coefficient (Wildman–Crippen LogP) is 10.00. The summed E-state index contributed by atoms with van der Waals surface area (Å²) in [5.41, 5.74) is 0. The van der Waals surface area contributed by atoms with Crippen LogP contribution in [0.3, 0.4) is 0 Å². The van der Waals surface area contributed by atoms with E-state index in [9.17, 15) is 61.0 Å². The summed E-state index contributed by atoms with van der Waals surface area (Å²) >= 11 is 0. The van der Waals surface area contributed by atoms with Crippen molar-refractivity contribution in [1.29, 1.82) is 0 Å². The molecule has 3 saturated heterocycles. The van der Waals surface area contributed by atoms with E-state index in [-0.39, 0.29) is 18.9 Å². The van der Waals surface area contributed by atoms with Gasteiger partial charge in [0, 0.05) is 6.42 Å². The van der Waals surface area contributed by atoms with Gasteiger partial charge >= 0.3 is 0 Å². The van der Waals surface area contributed by atoms with Gasteiger partial charge in [0.25, 0.3) is 0 Å². The Hall–Kier alpha value is -1.99. The molecule has 0 saturated carbocycles. The van der Waals surface area contributed by atoms with Gasteiger partial charge in [0.2, 0.25) is 5.91 Å². The maximum Gasteiger partial charge on any atom is 0.220 e. The number of carbonyl (C=O) groups is 1. The third kappa shape index (κ3) is 34.6. The summed E-state index contributed by atoms with van der Waals surface area (Å²) in [4.78, 5) is 13.4. The second kappa shape index (κ2) is 53.2. The van der Waals surface area contributed by atoms with Gasteiger partial charge in [0.05, 0.1) is 38.6 Å². The molecule has 0 aliphatic carbocycles. The van der Waals surface area contributed by atoms with Crippen molar-refractivity contribution in [3.8, 4) is 0 Å². The molecule has 0 spiro atoms. The van der Waals surface area contributed by atoms with Crippen molar-refractivity contribution in [3.05, 3.63) is 36.5 Å². The molecule has 3 aliphatic heterocycles. The van der Waals surface area contributed by atoms with E-state index in [2.05, 4.69) is 55.6 Å². The number of amides is 1. The predicted molar refractivity (Wildman–Crippen MR) is 351 cm³/mol. The van der Waals surface area contributed by atoms with Crippen molar-refractivity contribution >= 4 is 5.91 Å². The highest BCUT2D eigenvalue weighted by atomic mass is 16.8. The molecule has 3 fully saturated rings. The summed E-state index contributed by atoms with van der Waals surface area (Å²) < 4.78 is 34.4. The van der Waals surface area contributed by atoms with E-state index in [1.165, 1.54) is 180 Å². The molecule has 0 bridgehead atoms. The molecular weight excluding hydrogens is 1150 g/mol. The fraction of sp³-hybridized carbons (Fsp3) is 0.901. The van der Waals surface area contributed by atoms with Gasteiger partial charge in [0.15, 0.2) is 18.9 Å². The molecule has 0 aromatic heterocycles. The number of aliphatic hydroxyl groups excluding tert-OH is 11. The number of allylic oxidation sites excluding steroid dienone is 6. The van der Waals surface area contributed by atoms with E-state index in [0.29, 0.717) is 12.8 Å². The highest BCUT2D eigenvalue weighted by molar-refractivity contribution is 5.76. The summed E-state index contributed by atoms with van der Waals surface area (Å²) in [5, 5.41) is 121. The molecule has 19 nitrogen and oxygen atoms in total. The monoisotopic (exact) mass is 1290 g/mol. The summed E-state index contributed by atoms with van der Waals surface area (Å²) in [6.45, 7) is 1.68. The Morgan fingerprint density at radius 3 is 1.19 bits per heavy atom. The molecule has 0 radical (unpaired) electrons. The van der Waals surface area contributed by atoms with Crippen molar-refractivity contribution in [2.24, 2.45) is 0 Å². The Balaban J connectivity index is 1.35. The Bertz CT molecular complexity index is 1780. The lowest BCUT2D eigenvalue weighted by atomic mass is 9.96. The third-order valence-electron chi connectivity index (χ3n) is 18.2. The molecule has 17 atom stereocenters. The standard InChI is InChI=1S/C71H131NO18/c1-3-5-7-9-11-13-15-17-18-19-20-21-22-23-24-25-26-27-28-29-30-31-32-33-34-35-37-38-40-42-44-46-48-55(76)54(72-59(77)49-47-45-43-41-39-36-16-14-12-10-8-6-4-2)53-85-69-65(83)62(80)67(57(51-74)87-69)90-71-66(84)63(81)68(58(52-75)88-71)89-70-64(82)61(79)60(78)56(50-73)86-70/h6,8,12,14,36,39,54-58,60-71,73-76,78-84H,3-5,7,9-11,13,15-35,37-38,40-53H2,1-2H3,(H,72,77)/b8-6-,14-12-,39-36-. The number of hydrogen-bond acceptors (Lipinski definition) is 18. The zero-order valence-electron chi connectivity index (χ0n) is 55.9. The van der Waals surface area contributed by atoms with Gasteiger partial charge in [-0.05, 0) is 44.9 Å². The molecule has 528 valence electrons. The largest absolute Gasteiger partial charge is 0.394 e. The molecule has 17 unspecified atom stereocenters. The molecule has 90 heavy (non-hydrogen) atoms. The molecule has 19 heteroatoms. The average Bonchev–Trinajstić information content (AvgIpc) is 0.851. The third-order valence-corrected chi connectivity index (χ3v) is 18.2. The molecule has 0 aromatic rings. The van der Waals surface area contributed by atoms with Gasteiger partial charge in [0.1, 0.15) is 73.2 Å². The second-order valence-corrected chi connectivity index (χ2v) is 26.0. The number of hydrogen-bond donors (Lipinski definition) is 12. The molecule has 3 rings (SSSR count). The lowest BCUT2D eigenvalue weighted by molar-refractivity contribution is -0.379. The molecular formula is C71H131NO18. The highest BCUT2D eigenvalue weighted by Crippen LogP contribution is 2.33. The molecule has 0 aromatic carbocycles. The Morgan fingerprint density at radius 1 is 0.411 bits per heavy atom. The maximum atomic E-state index is 13.4. The number of rotatable bonds is 56. The molecule has 3 aliphatic rings. The quantitative estimate of drug-likeness (QED) is 0.0199. The van der Waals surface area contributed by atoms with Crippen LogP contribution in [-0.2, 0) is 33.2 Å². The van der Waals surface area contributed by atoms with Crippen LogP contribution in [0.25, 0.3) is 0 Å². The zero-order valence-corrected chi connectivity index (χ0v) is 55.9. The average molecular weight is 1290 g/mol. The van der Waals surface area contributed by atoms with Crippen molar-refractivity contribution in [2.45, 2.75) is 381 Å². The first kappa shape index (κ1) is 82.2. The van der Waals surface area contributed by atoms with Crippen LogP contribution < -0.4 is 5.32 Å². The number of unbranched alkanes of at least 4 members (excludes halogenated alkanes) is 34. The Morgan fingerprint density at radius 2 is 0.767 bits per heavy atom. The fourth-order valence-electron chi connectivity index (χ4n) is 12.4.